The number of benzene rings is 1. The molecule has 4 heteroatoms. The summed E-state index contributed by atoms with van der Waals surface area (Å²) in [6.07, 6.45) is 6.55. The molecular formula is C16H20N3P. The Morgan fingerprint density at radius 2 is 2.00 bits per heavy atom. The number of anilines is 1. The molecule has 0 spiro atoms. The summed E-state index contributed by atoms with van der Waals surface area (Å²) in [6.45, 7) is 0. The number of hydrogen-bond acceptors (Lipinski definition) is 2. The topological polar surface area (TPSA) is 21.1 Å². The second-order valence-electron chi connectivity index (χ2n) is 5.50. The number of fused-ring (bicyclic) bond motifs is 1. The van der Waals surface area contributed by atoms with Crippen molar-refractivity contribution in [3.63, 3.8) is 0 Å². The molecule has 0 radical (unpaired) electrons. The molecule has 3 rings (SSSR count). The minimum atomic E-state index is 1.06. The van der Waals surface area contributed by atoms with Crippen molar-refractivity contribution in [2.24, 2.45) is 7.05 Å². The van der Waals surface area contributed by atoms with Gasteiger partial charge < -0.3 is 4.90 Å². The van der Waals surface area contributed by atoms with Crippen LogP contribution in [0.5, 0.6) is 0 Å². The van der Waals surface area contributed by atoms with Crippen molar-refractivity contribution in [2.75, 3.05) is 19.0 Å². The lowest BCUT2D eigenvalue weighted by Gasteiger charge is -2.13. The van der Waals surface area contributed by atoms with Gasteiger partial charge in [0.15, 0.2) is 0 Å². The highest BCUT2D eigenvalue weighted by Gasteiger charge is 2.15. The molecule has 2 aromatic rings. The van der Waals surface area contributed by atoms with Gasteiger partial charge in [-0.3, -0.25) is 4.68 Å². The zero-order valence-corrected chi connectivity index (χ0v) is 13.4. The minimum absolute atomic E-state index is 1.06. The van der Waals surface area contributed by atoms with Gasteiger partial charge in [-0.25, -0.2) is 0 Å². The first-order valence-electron chi connectivity index (χ1n) is 6.86. The summed E-state index contributed by atoms with van der Waals surface area (Å²) in [7, 11) is 8.95. The highest BCUT2D eigenvalue weighted by Crippen LogP contribution is 2.33. The summed E-state index contributed by atoms with van der Waals surface area (Å²) < 4.78 is 1.98. The van der Waals surface area contributed by atoms with Crippen LogP contribution in [0.1, 0.15) is 18.5 Å². The quantitative estimate of drug-likeness (QED) is 0.786. The molecule has 20 heavy (non-hydrogen) atoms. The summed E-state index contributed by atoms with van der Waals surface area (Å²) in [5.74, 6) is 0. The maximum atomic E-state index is 4.73. The van der Waals surface area contributed by atoms with Gasteiger partial charge in [0.25, 0.3) is 0 Å². The van der Waals surface area contributed by atoms with Crippen LogP contribution in [0.3, 0.4) is 0 Å². The average molecular weight is 285 g/mol. The smallest absolute Gasteiger partial charge is 0.0962 e. The lowest BCUT2D eigenvalue weighted by molar-refractivity contribution is 0.788. The third-order valence-electron chi connectivity index (χ3n) is 3.84. The number of allylic oxidation sites excluding steroid dienone is 4. The van der Waals surface area contributed by atoms with Crippen molar-refractivity contribution < 1.29 is 0 Å². The third kappa shape index (κ3) is 2.27. The molecule has 1 aromatic carbocycles. The number of hydrogen-bond donors (Lipinski definition) is 0. The zero-order chi connectivity index (χ0) is 14.3. The van der Waals surface area contributed by atoms with E-state index in [-0.39, 0.29) is 0 Å². The fourth-order valence-corrected chi connectivity index (χ4v) is 2.86. The Balaban J connectivity index is 2.18. The second kappa shape index (κ2) is 5.06. The molecule has 1 unspecified atom stereocenters. The molecule has 0 amide bonds. The van der Waals surface area contributed by atoms with Gasteiger partial charge in [-0.1, -0.05) is 17.5 Å². The van der Waals surface area contributed by atoms with Crippen molar-refractivity contribution in [3.8, 4) is 0 Å². The van der Waals surface area contributed by atoms with Crippen LogP contribution < -0.4 is 4.90 Å². The van der Waals surface area contributed by atoms with E-state index in [1.54, 1.807) is 0 Å². The van der Waals surface area contributed by atoms with Crippen LogP contribution in [0.15, 0.2) is 35.7 Å². The van der Waals surface area contributed by atoms with Crippen LogP contribution in [0.25, 0.3) is 16.5 Å². The molecule has 104 valence electrons. The third-order valence-corrected chi connectivity index (χ3v) is 4.32. The van der Waals surface area contributed by atoms with E-state index in [1.807, 2.05) is 11.7 Å². The number of aryl methyl sites for hydroxylation is 1. The predicted octanol–water partition coefficient (Wildman–Crippen LogP) is 3.58. The van der Waals surface area contributed by atoms with Gasteiger partial charge in [-0.15, -0.1) is 9.24 Å². The monoisotopic (exact) mass is 285 g/mol. The van der Waals surface area contributed by atoms with E-state index in [1.165, 1.54) is 27.5 Å². The molecule has 0 aliphatic heterocycles. The lowest BCUT2D eigenvalue weighted by atomic mass is 9.99. The Morgan fingerprint density at radius 3 is 2.65 bits per heavy atom. The fraction of sp³-hybridized carbons (Fsp3) is 0.312. The van der Waals surface area contributed by atoms with E-state index in [2.05, 4.69) is 58.6 Å². The molecule has 1 aromatic heterocycles. The highest BCUT2D eigenvalue weighted by atomic mass is 31.0. The first-order valence-corrected chi connectivity index (χ1v) is 7.43. The van der Waals surface area contributed by atoms with Crippen LogP contribution in [0.2, 0.25) is 0 Å². The first-order chi connectivity index (χ1) is 9.56. The van der Waals surface area contributed by atoms with Gasteiger partial charge in [0.05, 0.1) is 11.2 Å². The Bertz CT molecular complexity index is 723. The minimum Gasteiger partial charge on any atom is -0.378 e. The molecule has 0 bridgehead atoms. The summed E-state index contributed by atoms with van der Waals surface area (Å²) in [5.41, 5.74) is 4.86. The van der Waals surface area contributed by atoms with Crippen LogP contribution >= 0.6 is 9.24 Å². The summed E-state index contributed by atoms with van der Waals surface area (Å²) in [5, 5.41) is 7.34. The Morgan fingerprint density at radius 1 is 1.20 bits per heavy atom. The molecule has 1 aliphatic carbocycles. The zero-order valence-electron chi connectivity index (χ0n) is 12.2. The standard InChI is InChI=1S/C16H20N3P/c1-18(2)12-6-9-15-14(10-12)16(17-19(15)3)11-4-7-13(20)8-5-11/h4,6-7,9-10H,5,8,20H2,1-3H3. The number of aromatic nitrogens is 2. The number of nitrogens with zero attached hydrogens (tertiary/aromatic N) is 3. The SMILES string of the molecule is CN(C)c1ccc2c(c1)c(C1=CC=C(P)CC1)nn2C. The molecule has 0 fully saturated rings. The van der Waals surface area contributed by atoms with Crippen LogP contribution in [0.4, 0.5) is 5.69 Å². The Labute approximate surface area is 122 Å². The Hall–Kier alpha value is -1.60. The average Bonchev–Trinajstić information content (AvgIpc) is 2.76. The van der Waals surface area contributed by atoms with Crippen molar-refractivity contribution in [2.45, 2.75) is 12.8 Å². The molecule has 1 atom stereocenters. The first kappa shape index (κ1) is 13.4. The van der Waals surface area contributed by atoms with E-state index in [0.717, 1.165) is 18.5 Å². The van der Waals surface area contributed by atoms with Crippen LogP contribution in [-0.4, -0.2) is 23.9 Å². The van der Waals surface area contributed by atoms with Crippen molar-refractivity contribution >= 4 is 31.4 Å². The molecule has 1 heterocycles. The molecular weight excluding hydrogens is 265 g/mol. The van der Waals surface area contributed by atoms with E-state index in [4.69, 9.17) is 5.10 Å². The van der Waals surface area contributed by atoms with E-state index < -0.39 is 0 Å². The molecule has 0 N–H and O–H groups in total. The maximum absolute atomic E-state index is 4.73. The normalized spacial score (nSPS) is 15.2. The summed E-state index contributed by atoms with van der Waals surface area (Å²) in [6, 6.07) is 6.53. The van der Waals surface area contributed by atoms with E-state index >= 15 is 0 Å². The lowest BCUT2D eigenvalue weighted by Crippen LogP contribution is -2.08. The van der Waals surface area contributed by atoms with Gasteiger partial charge in [0, 0.05) is 32.2 Å². The molecule has 0 saturated heterocycles. The second-order valence-corrected chi connectivity index (χ2v) is 6.24. The van der Waals surface area contributed by atoms with Crippen LogP contribution in [0, 0.1) is 0 Å². The van der Waals surface area contributed by atoms with Crippen molar-refractivity contribution in [1.82, 2.24) is 9.78 Å². The molecule has 1 aliphatic rings. The summed E-state index contributed by atoms with van der Waals surface area (Å²) in [4.78, 5) is 2.13. The fourth-order valence-electron chi connectivity index (χ4n) is 2.62. The maximum Gasteiger partial charge on any atom is 0.0962 e. The Kier molecular flexibility index (Phi) is 3.39. The molecule has 0 saturated carbocycles. The van der Waals surface area contributed by atoms with Gasteiger partial charge in [-0.2, -0.15) is 5.10 Å². The highest BCUT2D eigenvalue weighted by molar-refractivity contribution is 7.22. The van der Waals surface area contributed by atoms with E-state index in [0.29, 0.717) is 0 Å². The van der Waals surface area contributed by atoms with Gasteiger partial charge >= 0.3 is 0 Å². The van der Waals surface area contributed by atoms with E-state index in [9.17, 15) is 0 Å². The summed E-state index contributed by atoms with van der Waals surface area (Å²) >= 11 is 0. The number of rotatable bonds is 2. The van der Waals surface area contributed by atoms with Crippen molar-refractivity contribution in [1.29, 1.82) is 0 Å². The van der Waals surface area contributed by atoms with Gasteiger partial charge in [0.1, 0.15) is 0 Å². The van der Waals surface area contributed by atoms with Gasteiger partial charge in [-0.05, 0) is 36.6 Å². The van der Waals surface area contributed by atoms with Crippen molar-refractivity contribution in [3.05, 3.63) is 41.4 Å². The largest absolute Gasteiger partial charge is 0.378 e. The van der Waals surface area contributed by atoms with Gasteiger partial charge in [0.2, 0.25) is 0 Å². The molecule has 3 nitrogen and oxygen atoms in total. The predicted molar refractivity (Wildman–Crippen MR) is 90.0 cm³/mol. The van der Waals surface area contributed by atoms with Crippen LogP contribution in [-0.2, 0) is 7.05 Å².